The average Bonchev–Trinajstić information content (AvgIpc) is 2.24. The van der Waals surface area contributed by atoms with E-state index < -0.39 is 21.7 Å². The Morgan fingerprint density at radius 1 is 0.614 bits per heavy atom. The molecule has 4 aromatic carbocycles. The maximum atomic E-state index is 12.1. The molecule has 2 aliphatic carbocycles. The van der Waals surface area contributed by atoms with Gasteiger partial charge in [0.25, 0.3) is 16.3 Å². The van der Waals surface area contributed by atoms with Crippen molar-refractivity contribution in [2.45, 2.75) is 128 Å². The van der Waals surface area contributed by atoms with Gasteiger partial charge in [-0.15, -0.1) is 10.2 Å². The molecule has 0 unspecified atom stereocenters. The van der Waals surface area contributed by atoms with Crippen molar-refractivity contribution in [2.24, 2.45) is 5.73 Å². The van der Waals surface area contributed by atoms with Crippen LogP contribution < -0.4 is 53.5 Å². The molecule has 0 bridgehead atoms. The molecule has 88 heavy (non-hydrogen) atoms. The Kier molecular flexibility index (Phi) is 21.5. The number of hydrogen-bond donors (Lipinski definition) is 5. The Balaban J connectivity index is 0.000000170. The first-order valence-electron chi connectivity index (χ1n) is 31.3. The molecule has 4 fully saturated rings. The molecule has 0 amide bonds. The SMILES string of the molecule is CCOc1c(C)c(=O)c1=O.CNc1c(NC2CCC(c3cc(-c4ccc(CN5CCOCC5)cc4)c4cnc(N[C@@H](C)COC)nn34)CC2)c(=O)c1=O.COC[C@H](C)Nc1ncc2c(-c3ccc(CN4CCOCC4)cc3)cc(C3CCC(N)CC3)n2n1. The van der Waals surface area contributed by atoms with E-state index in [1.807, 2.05) is 19.3 Å². The molecule has 12 rings (SSSR count). The van der Waals surface area contributed by atoms with Gasteiger partial charge in [-0.1, -0.05) is 48.5 Å². The highest BCUT2D eigenvalue weighted by atomic mass is 16.5. The predicted octanol–water partition coefficient (Wildman–Crippen LogP) is 7.10. The van der Waals surface area contributed by atoms with Crippen LogP contribution in [-0.4, -0.2) is 157 Å². The maximum absolute atomic E-state index is 12.1. The summed E-state index contributed by atoms with van der Waals surface area (Å²) in [6, 6.07) is 23.1. The molecule has 4 aliphatic rings. The second-order valence-electron chi connectivity index (χ2n) is 23.9. The highest BCUT2D eigenvalue weighted by molar-refractivity contribution is 5.83. The molecule has 6 N–H and O–H groups in total. The zero-order valence-corrected chi connectivity index (χ0v) is 52.1. The molecule has 0 radical (unpaired) electrons. The lowest BCUT2D eigenvalue weighted by Gasteiger charge is -2.30. The Morgan fingerprint density at radius 3 is 1.48 bits per heavy atom. The average molecular weight is 1210 g/mol. The van der Waals surface area contributed by atoms with Crippen LogP contribution in [0.25, 0.3) is 33.3 Å². The number of fused-ring (bicyclic) bond motifs is 2. The molecular formula is C66H87N13O9. The van der Waals surface area contributed by atoms with Crippen molar-refractivity contribution in [1.82, 2.24) is 39.0 Å². The van der Waals surface area contributed by atoms with Crippen LogP contribution >= 0.6 is 0 Å². The quantitative estimate of drug-likeness (QED) is 0.0450. The normalized spacial score (nSPS) is 20.0. The summed E-state index contributed by atoms with van der Waals surface area (Å²) in [6.07, 6.45) is 11.8. The summed E-state index contributed by atoms with van der Waals surface area (Å²) < 4.78 is 30.6. The molecule has 2 atom stereocenters. The van der Waals surface area contributed by atoms with Gasteiger partial charge in [0.2, 0.25) is 17.3 Å². The fourth-order valence-electron chi connectivity index (χ4n) is 12.6. The smallest absolute Gasteiger partial charge is 0.268 e. The number of anilines is 4. The third-order valence-electron chi connectivity index (χ3n) is 17.5. The Bertz CT molecular complexity index is 3710. The number of nitrogens with zero attached hydrogens (tertiary/aromatic N) is 8. The summed E-state index contributed by atoms with van der Waals surface area (Å²) in [4.78, 5) is 59.3. The van der Waals surface area contributed by atoms with E-state index in [9.17, 15) is 19.2 Å². The number of ether oxygens (including phenoxy) is 5. The van der Waals surface area contributed by atoms with Crippen molar-refractivity contribution in [2.75, 3.05) is 115 Å². The number of nitrogens with one attached hydrogen (secondary N) is 4. The number of methoxy groups -OCH3 is 2. The summed E-state index contributed by atoms with van der Waals surface area (Å²) in [5, 5.41) is 22.8. The first kappa shape index (κ1) is 63.6. The molecule has 470 valence electrons. The first-order valence-corrected chi connectivity index (χ1v) is 31.3. The van der Waals surface area contributed by atoms with Gasteiger partial charge < -0.3 is 50.7 Å². The molecule has 22 heteroatoms. The summed E-state index contributed by atoms with van der Waals surface area (Å²) in [7, 11) is 5.07. The predicted molar refractivity (Wildman–Crippen MR) is 345 cm³/mol. The van der Waals surface area contributed by atoms with Gasteiger partial charge in [0.05, 0.1) is 69.7 Å². The number of hydrogen-bond acceptors (Lipinski definition) is 20. The van der Waals surface area contributed by atoms with Gasteiger partial charge in [0.1, 0.15) is 11.4 Å². The summed E-state index contributed by atoms with van der Waals surface area (Å²) >= 11 is 0. The van der Waals surface area contributed by atoms with Crippen molar-refractivity contribution in [3.63, 3.8) is 0 Å². The first-order chi connectivity index (χ1) is 42.7. The van der Waals surface area contributed by atoms with Crippen LogP contribution in [0.15, 0.2) is 92.2 Å². The molecule has 8 aromatic rings. The van der Waals surface area contributed by atoms with E-state index in [2.05, 4.69) is 118 Å². The fourth-order valence-corrected chi connectivity index (χ4v) is 12.6. The zero-order chi connectivity index (χ0) is 61.8. The van der Waals surface area contributed by atoms with E-state index >= 15 is 0 Å². The van der Waals surface area contributed by atoms with Crippen molar-refractivity contribution in [1.29, 1.82) is 0 Å². The van der Waals surface area contributed by atoms with Gasteiger partial charge in [-0.25, -0.2) is 19.0 Å². The molecule has 0 spiro atoms. The Labute approximate surface area is 513 Å². The van der Waals surface area contributed by atoms with E-state index in [0.717, 1.165) is 145 Å². The zero-order valence-electron chi connectivity index (χ0n) is 52.1. The minimum Gasteiger partial charge on any atom is -0.489 e. The number of nitrogens with two attached hydrogens (primary N) is 1. The van der Waals surface area contributed by atoms with Crippen LogP contribution in [0.1, 0.15) is 112 Å². The van der Waals surface area contributed by atoms with Gasteiger partial charge in [0, 0.05) is 125 Å². The lowest BCUT2D eigenvalue weighted by molar-refractivity contribution is 0.0341. The topological polar surface area (TPSA) is 255 Å². The van der Waals surface area contributed by atoms with E-state index in [1.165, 1.54) is 27.9 Å². The van der Waals surface area contributed by atoms with Crippen molar-refractivity contribution in [3.8, 4) is 28.0 Å². The van der Waals surface area contributed by atoms with Crippen LogP contribution in [0, 0.1) is 6.92 Å². The minimum absolute atomic E-state index is 0.0689. The Morgan fingerprint density at radius 2 is 1.06 bits per heavy atom. The standard InChI is InChI=1S/C32H41N7O4.C27H38N6O2.C7H8O3/c1-20(19-42-3)35-32-34-17-27-25(22-6-4-21(5-7-22)18-38-12-14-43-15-13-38)16-26(39(27)37-32)23-8-10-24(11-9-23)36-29-28(33-2)30(40)31(29)41;1-19(18-34-2)30-27-29-16-26-24(15-25(33(26)31-27)22-7-9-23(28)10-8-22)21-5-3-20(4-6-21)17-32-11-13-35-14-12-32;1-3-10-7-4(2)5(8)6(7)9/h4-7,16-17,20,23-24,33,36H,8-15,18-19H2,1-3H3,(H,35,37);3-6,15-16,19,22-23H,7-14,17-18,28H2,1-2H3,(H,30,31);3H2,1-2H3/t20-,23?,24?;19-,22?,23?;/m00./s1. The monoisotopic (exact) mass is 1210 g/mol. The lowest BCUT2D eigenvalue weighted by Crippen LogP contribution is -2.39. The summed E-state index contributed by atoms with van der Waals surface area (Å²) in [5.41, 5.74) is 17.4. The minimum atomic E-state index is -0.487. The molecular weight excluding hydrogens is 1120 g/mol. The second kappa shape index (κ2) is 29.7. The van der Waals surface area contributed by atoms with Crippen molar-refractivity contribution < 1.29 is 23.7 Å². The van der Waals surface area contributed by atoms with Gasteiger partial charge >= 0.3 is 0 Å². The van der Waals surface area contributed by atoms with Gasteiger partial charge in [-0.3, -0.25) is 29.0 Å². The molecule has 2 saturated carbocycles. The number of aromatic nitrogens is 6. The van der Waals surface area contributed by atoms with Crippen molar-refractivity contribution in [3.05, 3.63) is 142 Å². The van der Waals surface area contributed by atoms with Crippen LogP contribution in [0.5, 0.6) is 5.75 Å². The summed E-state index contributed by atoms with van der Waals surface area (Å²) in [5.74, 6) is 2.19. The second-order valence-corrected chi connectivity index (χ2v) is 23.9. The highest BCUT2D eigenvalue weighted by Gasteiger charge is 2.30. The van der Waals surface area contributed by atoms with Gasteiger partial charge in [0.15, 0.2) is 5.75 Å². The molecule has 6 heterocycles. The molecule has 4 aromatic heterocycles. The molecule has 2 saturated heterocycles. The molecule has 22 nitrogen and oxygen atoms in total. The Hall–Kier alpha value is -7.44. The number of rotatable bonds is 21. The highest BCUT2D eigenvalue weighted by Crippen LogP contribution is 2.40. The van der Waals surface area contributed by atoms with Crippen LogP contribution in [0.3, 0.4) is 0 Å². The van der Waals surface area contributed by atoms with Crippen LogP contribution in [0.2, 0.25) is 0 Å². The van der Waals surface area contributed by atoms with Gasteiger partial charge in [-0.05, 0) is 113 Å². The largest absolute Gasteiger partial charge is 0.489 e. The number of benzene rings is 2. The van der Waals surface area contributed by atoms with Crippen molar-refractivity contribution >= 4 is 34.3 Å². The van der Waals surface area contributed by atoms with E-state index in [4.69, 9.17) is 39.6 Å². The fraction of sp³-hybridized carbons (Fsp3) is 0.515. The van der Waals surface area contributed by atoms with Crippen LogP contribution in [0.4, 0.5) is 23.3 Å². The van der Waals surface area contributed by atoms with E-state index in [-0.39, 0.29) is 23.9 Å². The molecule has 2 aliphatic heterocycles. The third-order valence-corrected chi connectivity index (χ3v) is 17.5. The maximum Gasteiger partial charge on any atom is 0.268 e. The lowest BCUT2D eigenvalue weighted by atomic mass is 9.83. The summed E-state index contributed by atoms with van der Waals surface area (Å²) in [6.45, 7) is 18.1. The van der Waals surface area contributed by atoms with E-state index in [0.29, 0.717) is 66.5 Å². The number of morpholine rings is 2. The van der Waals surface area contributed by atoms with Crippen LogP contribution in [-0.2, 0) is 32.0 Å². The van der Waals surface area contributed by atoms with Gasteiger partial charge in [-0.2, -0.15) is 0 Å². The third kappa shape index (κ3) is 15.0. The van der Waals surface area contributed by atoms with E-state index in [1.54, 1.807) is 35.1 Å².